The average Bonchev–Trinajstić information content (AvgIpc) is 3.29. The quantitative estimate of drug-likeness (QED) is 0.364. The van der Waals surface area contributed by atoms with E-state index in [1.54, 1.807) is 0 Å². The fourth-order valence-electron chi connectivity index (χ4n) is 1.42. The van der Waals surface area contributed by atoms with E-state index in [0.717, 1.165) is 32.5 Å². The number of phenols is 4. The first-order valence-corrected chi connectivity index (χ1v) is 6.23. The molecule has 0 radical (unpaired) electrons. The molecular weight excluding hydrogens is 268 g/mol. The zero-order valence-corrected chi connectivity index (χ0v) is 11.1. The van der Waals surface area contributed by atoms with E-state index < -0.39 is 23.0 Å². The van der Waals surface area contributed by atoms with E-state index in [1.807, 2.05) is 0 Å². The number of benzene rings is 1. The molecule has 0 saturated carbocycles. The number of aryl methyl sites for hydroxylation is 1. The van der Waals surface area contributed by atoms with Crippen LogP contribution in [0, 0.1) is 6.92 Å². The second kappa shape index (κ2) is 6.17. The maximum atomic E-state index is 8.99. The molecule has 7 heteroatoms. The van der Waals surface area contributed by atoms with Crippen molar-refractivity contribution < 1.29 is 34.6 Å². The lowest BCUT2D eigenvalue weighted by Crippen LogP contribution is -2.06. The van der Waals surface area contributed by atoms with E-state index >= 15 is 0 Å². The lowest BCUT2D eigenvalue weighted by molar-refractivity contribution is 0.102. The van der Waals surface area contributed by atoms with Crippen molar-refractivity contribution in [1.29, 1.82) is 0 Å². The highest BCUT2D eigenvalue weighted by atomic mass is 16.6. The molecule has 0 bridgehead atoms. The average molecular weight is 286 g/mol. The molecule has 0 amide bonds. The van der Waals surface area contributed by atoms with Crippen LogP contribution in [0.1, 0.15) is 5.56 Å². The van der Waals surface area contributed by atoms with Gasteiger partial charge in [0, 0.05) is 0 Å². The Kier molecular flexibility index (Phi) is 4.53. The first-order valence-electron chi connectivity index (χ1n) is 6.23. The molecule has 2 atom stereocenters. The molecular formula is C13H18O7. The van der Waals surface area contributed by atoms with Crippen LogP contribution in [0.2, 0.25) is 0 Å². The van der Waals surface area contributed by atoms with E-state index in [-0.39, 0.29) is 0 Å². The SMILES string of the molecule is C(OCC1CO1)C1CO1.Cc1cc(O)c(O)c(O)c1O. The topological polar surface area (TPSA) is 115 Å². The summed E-state index contributed by atoms with van der Waals surface area (Å²) in [5.41, 5.74) is 0.304. The molecule has 0 spiro atoms. The summed E-state index contributed by atoms with van der Waals surface area (Å²) in [6, 6.07) is 1.16. The van der Waals surface area contributed by atoms with Crippen molar-refractivity contribution in [1.82, 2.24) is 0 Å². The van der Waals surface area contributed by atoms with E-state index in [2.05, 4.69) is 0 Å². The van der Waals surface area contributed by atoms with Crippen LogP contribution < -0.4 is 0 Å². The van der Waals surface area contributed by atoms with Crippen molar-refractivity contribution in [2.45, 2.75) is 19.1 Å². The number of hydrogen-bond acceptors (Lipinski definition) is 7. The van der Waals surface area contributed by atoms with Gasteiger partial charge in [-0.2, -0.15) is 0 Å². The Morgan fingerprint density at radius 1 is 1.00 bits per heavy atom. The molecule has 7 nitrogen and oxygen atoms in total. The lowest BCUT2D eigenvalue weighted by atomic mass is 10.2. The molecule has 1 aromatic carbocycles. The Balaban J connectivity index is 0.000000149. The van der Waals surface area contributed by atoms with E-state index in [0.29, 0.717) is 17.8 Å². The van der Waals surface area contributed by atoms with Crippen LogP contribution in [0.25, 0.3) is 0 Å². The minimum atomic E-state index is -0.701. The third kappa shape index (κ3) is 4.16. The molecule has 2 heterocycles. The molecule has 0 aliphatic carbocycles. The maximum Gasteiger partial charge on any atom is 0.204 e. The predicted molar refractivity (Wildman–Crippen MR) is 68.1 cm³/mol. The molecule has 1 aromatic rings. The minimum absolute atomic E-state index is 0.304. The maximum absolute atomic E-state index is 8.99. The van der Waals surface area contributed by atoms with Crippen molar-refractivity contribution in [3.05, 3.63) is 11.6 Å². The Bertz CT molecular complexity index is 428. The Hall–Kier alpha value is -1.70. The van der Waals surface area contributed by atoms with Gasteiger partial charge < -0.3 is 34.6 Å². The Morgan fingerprint density at radius 2 is 1.50 bits per heavy atom. The minimum Gasteiger partial charge on any atom is -0.504 e. The van der Waals surface area contributed by atoms with Crippen LogP contribution in [0.15, 0.2) is 6.07 Å². The summed E-state index contributed by atoms with van der Waals surface area (Å²) in [7, 11) is 0. The molecule has 20 heavy (non-hydrogen) atoms. The van der Waals surface area contributed by atoms with E-state index in [4.69, 9.17) is 34.6 Å². The molecule has 3 rings (SSSR count). The van der Waals surface area contributed by atoms with Gasteiger partial charge in [-0.05, 0) is 18.6 Å². The number of epoxide rings is 2. The number of ether oxygens (including phenoxy) is 3. The summed E-state index contributed by atoms with van der Waals surface area (Å²) in [4.78, 5) is 0. The van der Waals surface area contributed by atoms with Gasteiger partial charge in [-0.3, -0.25) is 0 Å². The van der Waals surface area contributed by atoms with Gasteiger partial charge in [-0.1, -0.05) is 0 Å². The van der Waals surface area contributed by atoms with Crippen LogP contribution in [0.3, 0.4) is 0 Å². The van der Waals surface area contributed by atoms with Gasteiger partial charge in [0.1, 0.15) is 12.2 Å². The fourth-order valence-corrected chi connectivity index (χ4v) is 1.42. The van der Waals surface area contributed by atoms with Crippen molar-refractivity contribution in [3.63, 3.8) is 0 Å². The summed E-state index contributed by atoms with van der Waals surface area (Å²) >= 11 is 0. The molecule has 2 unspecified atom stereocenters. The third-order valence-corrected chi connectivity index (χ3v) is 2.83. The van der Waals surface area contributed by atoms with Crippen LogP contribution in [0.5, 0.6) is 23.0 Å². The number of hydrogen-bond donors (Lipinski definition) is 4. The van der Waals surface area contributed by atoms with Crippen molar-refractivity contribution in [2.75, 3.05) is 26.4 Å². The number of aromatic hydroxyl groups is 4. The molecule has 0 aromatic heterocycles. The molecule has 2 saturated heterocycles. The smallest absolute Gasteiger partial charge is 0.204 e. The highest BCUT2D eigenvalue weighted by Gasteiger charge is 2.26. The van der Waals surface area contributed by atoms with Crippen molar-refractivity contribution in [3.8, 4) is 23.0 Å². The van der Waals surface area contributed by atoms with Gasteiger partial charge in [0.15, 0.2) is 11.5 Å². The largest absolute Gasteiger partial charge is 0.504 e. The highest BCUT2D eigenvalue weighted by Crippen LogP contribution is 2.43. The van der Waals surface area contributed by atoms with E-state index in [1.165, 1.54) is 6.92 Å². The predicted octanol–water partition coefficient (Wildman–Crippen LogP) is 0.618. The molecule has 2 aliphatic rings. The van der Waals surface area contributed by atoms with Crippen LogP contribution in [-0.4, -0.2) is 59.1 Å². The molecule has 2 fully saturated rings. The third-order valence-electron chi connectivity index (χ3n) is 2.83. The second-order valence-electron chi connectivity index (χ2n) is 4.71. The van der Waals surface area contributed by atoms with Crippen LogP contribution in [-0.2, 0) is 14.2 Å². The van der Waals surface area contributed by atoms with Crippen molar-refractivity contribution in [2.24, 2.45) is 0 Å². The van der Waals surface area contributed by atoms with Gasteiger partial charge in [-0.25, -0.2) is 0 Å². The fraction of sp³-hybridized carbons (Fsp3) is 0.538. The van der Waals surface area contributed by atoms with E-state index in [9.17, 15) is 0 Å². The normalized spacial score (nSPS) is 22.9. The molecule has 4 N–H and O–H groups in total. The molecule has 112 valence electrons. The second-order valence-corrected chi connectivity index (χ2v) is 4.71. The zero-order chi connectivity index (χ0) is 14.7. The zero-order valence-electron chi connectivity index (χ0n) is 11.1. The summed E-state index contributed by atoms with van der Waals surface area (Å²) < 4.78 is 15.1. The van der Waals surface area contributed by atoms with Gasteiger partial charge in [-0.15, -0.1) is 0 Å². The monoisotopic (exact) mass is 286 g/mol. The lowest BCUT2D eigenvalue weighted by Gasteiger charge is -2.04. The molecule has 2 aliphatic heterocycles. The first-order chi connectivity index (χ1) is 9.49. The first kappa shape index (κ1) is 14.7. The van der Waals surface area contributed by atoms with Gasteiger partial charge in [0.2, 0.25) is 11.5 Å². The van der Waals surface area contributed by atoms with Gasteiger partial charge in [0.25, 0.3) is 0 Å². The van der Waals surface area contributed by atoms with Crippen molar-refractivity contribution >= 4 is 0 Å². The standard InChI is InChI=1S/C7H8O4.C6H10O3/c1-3-2-4(8)6(10)7(11)5(3)9;1(5-3-8-5)7-2-6-4-9-6/h2,8-11H,1H3;5-6H,1-4H2. The van der Waals surface area contributed by atoms with Gasteiger partial charge in [0.05, 0.1) is 26.4 Å². The highest BCUT2D eigenvalue weighted by molar-refractivity contribution is 5.59. The summed E-state index contributed by atoms with van der Waals surface area (Å²) in [6.07, 6.45) is 0.785. The summed E-state index contributed by atoms with van der Waals surface area (Å²) in [5.74, 6) is -2.26. The summed E-state index contributed by atoms with van der Waals surface area (Å²) in [6.45, 7) is 4.75. The summed E-state index contributed by atoms with van der Waals surface area (Å²) in [5, 5.41) is 35.6. The Labute approximate surface area is 115 Å². The van der Waals surface area contributed by atoms with Crippen LogP contribution >= 0.6 is 0 Å². The van der Waals surface area contributed by atoms with Crippen LogP contribution in [0.4, 0.5) is 0 Å². The number of phenolic OH excluding ortho intramolecular Hbond substituents is 4. The number of rotatable bonds is 4. The Morgan fingerprint density at radius 3 is 1.95 bits per heavy atom. The van der Waals surface area contributed by atoms with Gasteiger partial charge >= 0.3 is 0 Å².